The van der Waals surface area contributed by atoms with Gasteiger partial charge >= 0.3 is 0 Å². The highest BCUT2D eigenvalue weighted by molar-refractivity contribution is 7.12. The summed E-state index contributed by atoms with van der Waals surface area (Å²) in [7, 11) is 0. The molecule has 148 valence electrons. The number of rotatable bonds is 5. The second-order valence-corrected chi connectivity index (χ2v) is 8.82. The van der Waals surface area contributed by atoms with Crippen LogP contribution in [0.2, 0.25) is 5.02 Å². The van der Waals surface area contributed by atoms with E-state index >= 15 is 0 Å². The molecular weight excluding hydrogens is 399 g/mol. The van der Waals surface area contributed by atoms with Crippen LogP contribution in [0.3, 0.4) is 0 Å². The number of carbonyl (C=O) groups is 2. The highest BCUT2D eigenvalue weighted by atomic mass is 35.5. The van der Waals surface area contributed by atoms with Crippen molar-refractivity contribution in [1.82, 2.24) is 9.80 Å². The van der Waals surface area contributed by atoms with Crippen LogP contribution in [-0.4, -0.2) is 40.7 Å². The largest absolute Gasteiger partial charge is 0.337 e. The fourth-order valence-corrected chi connectivity index (χ4v) is 4.69. The molecule has 4 rings (SSSR count). The van der Waals surface area contributed by atoms with Crippen LogP contribution in [0.4, 0.5) is 4.39 Å². The summed E-state index contributed by atoms with van der Waals surface area (Å²) in [5, 5.41) is 2.23. The highest BCUT2D eigenvalue weighted by Gasteiger charge is 2.38. The van der Waals surface area contributed by atoms with E-state index in [0.717, 1.165) is 25.7 Å². The van der Waals surface area contributed by atoms with E-state index in [4.69, 9.17) is 11.6 Å². The van der Waals surface area contributed by atoms with Crippen LogP contribution in [0.25, 0.3) is 0 Å². The predicted octanol–water partition coefficient (Wildman–Crippen LogP) is 4.58. The molecule has 2 amide bonds. The number of thiophene rings is 1. The van der Waals surface area contributed by atoms with Gasteiger partial charge in [-0.05, 0) is 49.3 Å². The van der Waals surface area contributed by atoms with Crippen molar-refractivity contribution in [2.45, 2.75) is 38.3 Å². The molecule has 0 radical (unpaired) electrons. The van der Waals surface area contributed by atoms with Crippen molar-refractivity contribution in [2.24, 2.45) is 5.92 Å². The number of piperidine rings is 1. The quantitative estimate of drug-likeness (QED) is 0.710. The third-order valence-electron chi connectivity index (χ3n) is 5.45. The summed E-state index contributed by atoms with van der Waals surface area (Å²) in [6.45, 7) is 1.28. The fraction of sp³-hybridized carbons (Fsp3) is 0.429. The molecule has 1 unspecified atom stereocenters. The van der Waals surface area contributed by atoms with Crippen LogP contribution in [0, 0.1) is 11.7 Å². The minimum absolute atomic E-state index is 0.00509. The first-order chi connectivity index (χ1) is 13.5. The maximum Gasteiger partial charge on any atom is 0.263 e. The number of benzene rings is 1. The standard InChI is InChI=1S/C21H22ClFN2O2S/c22-17-5-1-6-18(23)16(17)13-25(15-8-9-15)20(26)14-4-2-10-24(12-14)21(27)19-7-3-11-28-19/h1,3,5-7,11,14-15H,2,4,8-10,12-13H2. The van der Waals surface area contributed by atoms with Gasteiger partial charge in [0.25, 0.3) is 5.91 Å². The van der Waals surface area contributed by atoms with Crippen molar-refractivity contribution in [3.63, 3.8) is 0 Å². The van der Waals surface area contributed by atoms with E-state index in [-0.39, 0.29) is 36.1 Å². The third-order valence-corrected chi connectivity index (χ3v) is 6.66. The van der Waals surface area contributed by atoms with Crippen molar-refractivity contribution in [1.29, 1.82) is 0 Å². The maximum absolute atomic E-state index is 14.3. The summed E-state index contributed by atoms with van der Waals surface area (Å²) < 4.78 is 14.3. The molecule has 1 aliphatic carbocycles. The van der Waals surface area contributed by atoms with Crippen LogP contribution in [0.15, 0.2) is 35.7 Å². The first kappa shape index (κ1) is 19.4. The van der Waals surface area contributed by atoms with Gasteiger partial charge in [-0.1, -0.05) is 23.7 Å². The lowest BCUT2D eigenvalue weighted by atomic mass is 9.96. The van der Waals surface area contributed by atoms with E-state index in [2.05, 4.69) is 0 Å². The van der Waals surface area contributed by atoms with Crippen LogP contribution in [-0.2, 0) is 11.3 Å². The average molecular weight is 421 g/mol. The lowest BCUT2D eigenvalue weighted by Crippen LogP contribution is -2.47. The fourth-order valence-electron chi connectivity index (χ4n) is 3.78. The van der Waals surface area contributed by atoms with Gasteiger partial charge < -0.3 is 9.80 Å². The van der Waals surface area contributed by atoms with Crippen LogP contribution in [0.5, 0.6) is 0 Å². The first-order valence-electron chi connectivity index (χ1n) is 9.60. The van der Waals surface area contributed by atoms with E-state index in [0.29, 0.717) is 28.6 Å². The molecule has 7 heteroatoms. The van der Waals surface area contributed by atoms with E-state index in [1.54, 1.807) is 21.9 Å². The molecule has 0 bridgehead atoms. The van der Waals surface area contributed by atoms with Gasteiger partial charge in [0.2, 0.25) is 5.91 Å². The molecule has 1 aromatic heterocycles. The zero-order valence-corrected chi connectivity index (χ0v) is 17.0. The minimum atomic E-state index is -0.385. The number of hydrogen-bond acceptors (Lipinski definition) is 3. The number of hydrogen-bond donors (Lipinski definition) is 0. The molecule has 0 spiro atoms. The Morgan fingerprint density at radius 1 is 1.21 bits per heavy atom. The van der Waals surface area contributed by atoms with Gasteiger partial charge in [0.05, 0.1) is 17.3 Å². The highest BCUT2D eigenvalue weighted by Crippen LogP contribution is 2.33. The Bertz CT molecular complexity index is 849. The van der Waals surface area contributed by atoms with Crippen LogP contribution < -0.4 is 0 Å². The predicted molar refractivity (Wildman–Crippen MR) is 108 cm³/mol. The molecular formula is C21H22ClFN2O2S. The topological polar surface area (TPSA) is 40.6 Å². The minimum Gasteiger partial charge on any atom is -0.337 e. The Morgan fingerprint density at radius 2 is 2.04 bits per heavy atom. The second-order valence-electron chi connectivity index (χ2n) is 7.47. The molecule has 1 atom stereocenters. The van der Waals surface area contributed by atoms with Gasteiger partial charge in [0.15, 0.2) is 0 Å². The Balaban J connectivity index is 1.49. The zero-order valence-electron chi connectivity index (χ0n) is 15.4. The summed E-state index contributed by atoms with van der Waals surface area (Å²) in [5.41, 5.74) is 0.367. The number of likely N-dealkylation sites (tertiary alicyclic amines) is 1. The van der Waals surface area contributed by atoms with E-state index in [1.807, 2.05) is 17.5 Å². The second kappa shape index (κ2) is 8.21. The number of nitrogens with zero attached hydrogens (tertiary/aromatic N) is 2. The summed E-state index contributed by atoms with van der Waals surface area (Å²) in [6, 6.07) is 8.41. The summed E-state index contributed by atoms with van der Waals surface area (Å²) in [4.78, 5) is 30.2. The Kier molecular flexibility index (Phi) is 5.69. The van der Waals surface area contributed by atoms with Crippen LogP contribution in [0.1, 0.15) is 40.9 Å². The van der Waals surface area contributed by atoms with Gasteiger partial charge in [-0.2, -0.15) is 0 Å². The monoisotopic (exact) mass is 420 g/mol. The van der Waals surface area contributed by atoms with Gasteiger partial charge in [-0.25, -0.2) is 4.39 Å². The lowest BCUT2D eigenvalue weighted by molar-refractivity contribution is -0.138. The lowest BCUT2D eigenvalue weighted by Gasteiger charge is -2.35. The summed E-state index contributed by atoms with van der Waals surface area (Å²) in [6.07, 6.45) is 3.42. The molecule has 4 nitrogen and oxygen atoms in total. The van der Waals surface area contributed by atoms with Crippen molar-refractivity contribution in [2.75, 3.05) is 13.1 Å². The van der Waals surface area contributed by atoms with Crippen molar-refractivity contribution < 1.29 is 14.0 Å². The Hall–Kier alpha value is -1.92. The molecule has 2 aromatic rings. The third kappa shape index (κ3) is 4.08. The van der Waals surface area contributed by atoms with Gasteiger partial charge in [0.1, 0.15) is 5.82 Å². The molecule has 2 aliphatic rings. The molecule has 1 saturated heterocycles. The summed E-state index contributed by atoms with van der Waals surface area (Å²) >= 11 is 7.60. The average Bonchev–Trinajstić information content (AvgIpc) is 3.39. The van der Waals surface area contributed by atoms with Gasteiger partial charge in [-0.15, -0.1) is 11.3 Å². The normalized spacial score (nSPS) is 19.5. The molecule has 1 aliphatic heterocycles. The molecule has 28 heavy (non-hydrogen) atoms. The maximum atomic E-state index is 14.3. The SMILES string of the molecule is O=C(c1cccs1)N1CCCC(C(=O)N(Cc2c(F)cccc2Cl)C2CC2)C1. The van der Waals surface area contributed by atoms with Gasteiger partial charge in [0, 0.05) is 29.7 Å². The molecule has 1 aromatic carbocycles. The van der Waals surface area contributed by atoms with Crippen molar-refractivity contribution in [3.8, 4) is 0 Å². The molecule has 2 heterocycles. The molecule has 0 N–H and O–H groups in total. The molecule has 1 saturated carbocycles. The number of halogens is 2. The Morgan fingerprint density at radius 3 is 2.71 bits per heavy atom. The molecule has 2 fully saturated rings. The first-order valence-corrected chi connectivity index (χ1v) is 10.9. The number of carbonyl (C=O) groups excluding carboxylic acids is 2. The smallest absolute Gasteiger partial charge is 0.263 e. The number of amides is 2. The zero-order chi connectivity index (χ0) is 19.7. The van der Waals surface area contributed by atoms with Crippen LogP contribution >= 0.6 is 22.9 Å². The van der Waals surface area contributed by atoms with Crippen molar-refractivity contribution >= 4 is 34.8 Å². The van der Waals surface area contributed by atoms with E-state index < -0.39 is 0 Å². The van der Waals surface area contributed by atoms with Crippen molar-refractivity contribution in [3.05, 3.63) is 57.0 Å². The van der Waals surface area contributed by atoms with E-state index in [1.165, 1.54) is 17.4 Å². The van der Waals surface area contributed by atoms with E-state index in [9.17, 15) is 14.0 Å². The summed E-state index contributed by atoms with van der Waals surface area (Å²) in [5.74, 6) is -0.638. The van der Waals surface area contributed by atoms with Gasteiger partial charge in [-0.3, -0.25) is 9.59 Å². The Labute approximate surface area is 172 Å².